The lowest BCUT2D eigenvalue weighted by atomic mass is 10.1. The average molecular weight is 306 g/mol. The van der Waals surface area contributed by atoms with Crippen molar-refractivity contribution in [1.29, 1.82) is 0 Å². The summed E-state index contributed by atoms with van der Waals surface area (Å²) in [5.74, 6) is -0.390. The molecule has 0 fully saturated rings. The van der Waals surface area contributed by atoms with E-state index >= 15 is 0 Å². The van der Waals surface area contributed by atoms with Crippen LogP contribution in [0.3, 0.4) is 0 Å². The van der Waals surface area contributed by atoms with Crippen molar-refractivity contribution in [1.82, 2.24) is 0 Å². The van der Waals surface area contributed by atoms with Gasteiger partial charge in [-0.05, 0) is 36.8 Å². The predicted octanol–water partition coefficient (Wildman–Crippen LogP) is 4.22. The Morgan fingerprint density at radius 3 is 2.67 bits per heavy atom. The second kappa shape index (κ2) is 6.50. The molecular weight excluding hydrogens is 290 g/mol. The van der Waals surface area contributed by atoms with E-state index in [4.69, 9.17) is 16.3 Å². The molecule has 2 N–H and O–H groups in total. The maximum absolute atomic E-state index is 11.3. The summed E-state index contributed by atoms with van der Waals surface area (Å²) >= 11 is 5.98. The molecule has 0 radical (unpaired) electrons. The standard InChI is InChI=1S/C16H16ClNO3/c1-10(11-4-3-5-12(17)8-11)18-15-9-13(21-2)6-7-14(15)16(19)20/h3-10,18H,1-2H3,(H,19,20). The lowest BCUT2D eigenvalue weighted by Gasteiger charge is -2.18. The van der Waals surface area contributed by atoms with Crippen molar-refractivity contribution in [3.8, 4) is 5.75 Å². The third-order valence-corrected chi connectivity index (χ3v) is 3.41. The van der Waals surface area contributed by atoms with Crippen LogP contribution >= 0.6 is 11.6 Å². The van der Waals surface area contributed by atoms with Gasteiger partial charge in [0, 0.05) is 17.1 Å². The van der Waals surface area contributed by atoms with E-state index < -0.39 is 5.97 Å². The molecule has 0 amide bonds. The first-order valence-electron chi connectivity index (χ1n) is 6.44. The van der Waals surface area contributed by atoms with Crippen molar-refractivity contribution < 1.29 is 14.6 Å². The van der Waals surface area contributed by atoms with Gasteiger partial charge in [-0.1, -0.05) is 23.7 Å². The number of nitrogens with one attached hydrogen (secondary N) is 1. The lowest BCUT2D eigenvalue weighted by Crippen LogP contribution is -2.11. The van der Waals surface area contributed by atoms with Crippen LogP contribution in [-0.4, -0.2) is 18.2 Å². The minimum absolute atomic E-state index is 0.0890. The quantitative estimate of drug-likeness (QED) is 0.868. The number of carboxylic acid groups (broad SMARTS) is 1. The van der Waals surface area contributed by atoms with Crippen molar-refractivity contribution in [2.24, 2.45) is 0 Å². The number of rotatable bonds is 5. The minimum Gasteiger partial charge on any atom is -0.497 e. The third-order valence-electron chi connectivity index (χ3n) is 3.18. The molecule has 0 aliphatic heterocycles. The van der Waals surface area contributed by atoms with Gasteiger partial charge in [-0.15, -0.1) is 0 Å². The Kier molecular flexibility index (Phi) is 4.70. The number of hydrogen-bond donors (Lipinski definition) is 2. The SMILES string of the molecule is COc1ccc(C(=O)O)c(NC(C)c2cccc(Cl)c2)c1. The Bertz CT molecular complexity index is 658. The fraction of sp³-hybridized carbons (Fsp3) is 0.188. The van der Waals surface area contributed by atoms with Crippen LogP contribution in [0.15, 0.2) is 42.5 Å². The van der Waals surface area contributed by atoms with Crippen LogP contribution in [0.1, 0.15) is 28.9 Å². The summed E-state index contributed by atoms with van der Waals surface area (Å²) in [6.07, 6.45) is 0. The summed E-state index contributed by atoms with van der Waals surface area (Å²) in [6, 6.07) is 12.2. The number of anilines is 1. The second-order valence-corrected chi connectivity index (χ2v) is 5.07. The van der Waals surface area contributed by atoms with Gasteiger partial charge < -0.3 is 15.2 Å². The van der Waals surface area contributed by atoms with E-state index in [2.05, 4.69) is 5.32 Å². The number of carbonyl (C=O) groups is 1. The first-order valence-corrected chi connectivity index (χ1v) is 6.82. The van der Waals surface area contributed by atoms with Crippen molar-refractivity contribution in [2.75, 3.05) is 12.4 Å². The number of aromatic carboxylic acids is 1. The zero-order valence-corrected chi connectivity index (χ0v) is 12.5. The zero-order valence-electron chi connectivity index (χ0n) is 11.8. The predicted molar refractivity (Wildman–Crippen MR) is 83.4 cm³/mol. The summed E-state index contributed by atoms with van der Waals surface area (Å²) < 4.78 is 5.14. The van der Waals surface area contributed by atoms with Crippen LogP contribution in [0.4, 0.5) is 5.69 Å². The number of carboxylic acids is 1. The van der Waals surface area contributed by atoms with Gasteiger partial charge >= 0.3 is 5.97 Å². The number of benzene rings is 2. The highest BCUT2D eigenvalue weighted by Gasteiger charge is 2.14. The molecule has 2 rings (SSSR count). The molecule has 0 saturated heterocycles. The average Bonchev–Trinajstić information content (AvgIpc) is 2.46. The summed E-state index contributed by atoms with van der Waals surface area (Å²) in [6.45, 7) is 1.94. The molecular formula is C16H16ClNO3. The van der Waals surface area contributed by atoms with Crippen LogP contribution in [0.25, 0.3) is 0 Å². The van der Waals surface area contributed by atoms with E-state index in [1.165, 1.54) is 6.07 Å². The number of methoxy groups -OCH3 is 1. The molecule has 0 saturated carbocycles. The highest BCUT2D eigenvalue weighted by Crippen LogP contribution is 2.27. The smallest absolute Gasteiger partial charge is 0.337 e. The second-order valence-electron chi connectivity index (χ2n) is 4.64. The maximum Gasteiger partial charge on any atom is 0.337 e. The molecule has 2 aromatic rings. The fourth-order valence-electron chi connectivity index (χ4n) is 2.05. The highest BCUT2D eigenvalue weighted by molar-refractivity contribution is 6.30. The fourth-order valence-corrected chi connectivity index (χ4v) is 2.25. The van der Waals surface area contributed by atoms with Gasteiger partial charge in [-0.25, -0.2) is 4.79 Å². The van der Waals surface area contributed by atoms with Crippen LogP contribution in [0.5, 0.6) is 5.75 Å². The number of halogens is 1. The summed E-state index contributed by atoms with van der Waals surface area (Å²) in [4.78, 5) is 11.3. The van der Waals surface area contributed by atoms with Gasteiger partial charge in [0.15, 0.2) is 0 Å². The maximum atomic E-state index is 11.3. The van der Waals surface area contributed by atoms with Gasteiger partial charge in [0.1, 0.15) is 5.75 Å². The monoisotopic (exact) mass is 305 g/mol. The van der Waals surface area contributed by atoms with Gasteiger partial charge in [0.25, 0.3) is 0 Å². The van der Waals surface area contributed by atoms with Gasteiger partial charge in [-0.2, -0.15) is 0 Å². The largest absolute Gasteiger partial charge is 0.497 e. The molecule has 0 aromatic heterocycles. The molecule has 0 aliphatic carbocycles. The Labute approximate surface area is 128 Å². The Morgan fingerprint density at radius 2 is 2.05 bits per heavy atom. The molecule has 0 aliphatic rings. The Morgan fingerprint density at radius 1 is 1.29 bits per heavy atom. The van der Waals surface area contributed by atoms with Crippen molar-refractivity contribution in [3.63, 3.8) is 0 Å². The Hall–Kier alpha value is -2.20. The Balaban J connectivity index is 2.31. The van der Waals surface area contributed by atoms with E-state index in [1.54, 1.807) is 25.3 Å². The number of ether oxygens (including phenoxy) is 1. The van der Waals surface area contributed by atoms with E-state index in [0.29, 0.717) is 16.5 Å². The molecule has 0 heterocycles. The van der Waals surface area contributed by atoms with Crippen LogP contribution in [0.2, 0.25) is 5.02 Å². The molecule has 110 valence electrons. The van der Waals surface area contributed by atoms with E-state index in [0.717, 1.165) is 5.56 Å². The molecule has 2 aromatic carbocycles. The van der Waals surface area contributed by atoms with Crippen molar-refractivity contribution in [2.45, 2.75) is 13.0 Å². The molecule has 0 spiro atoms. The summed E-state index contributed by atoms with van der Waals surface area (Å²) in [5.41, 5.74) is 1.68. The lowest BCUT2D eigenvalue weighted by molar-refractivity contribution is 0.0698. The molecule has 1 atom stereocenters. The van der Waals surface area contributed by atoms with E-state index in [1.807, 2.05) is 25.1 Å². The first kappa shape index (κ1) is 15.2. The van der Waals surface area contributed by atoms with Gasteiger partial charge in [0.05, 0.1) is 18.4 Å². The van der Waals surface area contributed by atoms with Crippen molar-refractivity contribution in [3.05, 3.63) is 58.6 Å². The normalized spacial score (nSPS) is 11.8. The first-order chi connectivity index (χ1) is 10.0. The van der Waals surface area contributed by atoms with Gasteiger partial charge in [0.2, 0.25) is 0 Å². The topological polar surface area (TPSA) is 58.6 Å². The number of hydrogen-bond acceptors (Lipinski definition) is 3. The van der Waals surface area contributed by atoms with Crippen molar-refractivity contribution >= 4 is 23.3 Å². The molecule has 21 heavy (non-hydrogen) atoms. The third kappa shape index (κ3) is 3.67. The van der Waals surface area contributed by atoms with E-state index in [9.17, 15) is 9.90 Å². The molecule has 4 nitrogen and oxygen atoms in total. The summed E-state index contributed by atoms with van der Waals surface area (Å²) in [5, 5.41) is 13.1. The minimum atomic E-state index is -0.988. The van der Waals surface area contributed by atoms with Crippen LogP contribution in [-0.2, 0) is 0 Å². The summed E-state index contributed by atoms with van der Waals surface area (Å²) in [7, 11) is 1.54. The molecule has 0 bridgehead atoms. The molecule has 5 heteroatoms. The van der Waals surface area contributed by atoms with E-state index in [-0.39, 0.29) is 11.6 Å². The van der Waals surface area contributed by atoms with Crippen LogP contribution < -0.4 is 10.1 Å². The zero-order chi connectivity index (χ0) is 15.4. The molecule has 1 unspecified atom stereocenters. The van der Waals surface area contributed by atoms with Gasteiger partial charge in [-0.3, -0.25) is 0 Å². The van der Waals surface area contributed by atoms with Crippen LogP contribution in [0, 0.1) is 0 Å². The highest BCUT2D eigenvalue weighted by atomic mass is 35.5.